The van der Waals surface area contributed by atoms with Gasteiger partial charge in [-0.15, -0.1) is 0 Å². The number of rotatable bonds is 6. The topological polar surface area (TPSA) is 80.4 Å². The number of sulfone groups is 1. The molecule has 1 aromatic carbocycles. The van der Waals surface area contributed by atoms with Crippen molar-refractivity contribution in [1.82, 2.24) is 24.1 Å². The van der Waals surface area contributed by atoms with E-state index in [2.05, 4.69) is 5.10 Å². The van der Waals surface area contributed by atoms with Gasteiger partial charge < -0.3 is 9.47 Å². The second-order valence-corrected chi connectivity index (χ2v) is 9.86. The summed E-state index contributed by atoms with van der Waals surface area (Å²) in [5, 5.41) is 4.32. The molecule has 3 heterocycles. The summed E-state index contributed by atoms with van der Waals surface area (Å²) in [5.41, 5.74) is 0.639. The van der Waals surface area contributed by atoms with Crippen molar-refractivity contribution in [2.24, 2.45) is 0 Å². The first-order chi connectivity index (χ1) is 14.8. The minimum atomic E-state index is -3.02. The lowest BCUT2D eigenvalue weighted by molar-refractivity contribution is 0.0644. The lowest BCUT2D eigenvalue weighted by Gasteiger charge is -2.34. The molecule has 10 heteroatoms. The highest BCUT2D eigenvalue weighted by Crippen LogP contribution is 2.23. The van der Waals surface area contributed by atoms with E-state index in [1.165, 1.54) is 23.2 Å². The molecule has 4 rings (SSSR count). The second kappa shape index (κ2) is 8.64. The van der Waals surface area contributed by atoms with Crippen molar-refractivity contribution in [3.8, 4) is 11.5 Å². The van der Waals surface area contributed by atoms with E-state index >= 15 is 0 Å². The van der Waals surface area contributed by atoms with Gasteiger partial charge in [0.2, 0.25) is 0 Å². The molecule has 1 aliphatic heterocycles. The Bertz CT molecular complexity index is 1170. The van der Waals surface area contributed by atoms with Crippen LogP contribution in [0.1, 0.15) is 10.4 Å². The fourth-order valence-corrected chi connectivity index (χ4v) is 4.25. The molecule has 0 N–H and O–H groups in total. The molecule has 1 fully saturated rings. The Balaban J connectivity index is 1.58. The normalized spacial score (nSPS) is 15.4. The minimum Gasteiger partial charge on any atom is -0.336 e. The van der Waals surface area contributed by atoms with Gasteiger partial charge in [0, 0.05) is 51.4 Å². The molecule has 164 valence electrons. The standard InChI is InChI=1S/C21H24FN5O3S/c1-31(29,30)15-14-24-10-12-26(13-11-24)21(28)17-16-23-27(19-7-3-2-6-18(19)22)20(17)25-8-4-5-9-25/h2-9,16H,10-15H2,1H3. The lowest BCUT2D eigenvalue weighted by atomic mass is 10.2. The Morgan fingerprint density at radius 2 is 1.74 bits per heavy atom. The zero-order valence-electron chi connectivity index (χ0n) is 17.2. The van der Waals surface area contributed by atoms with Crippen LogP contribution in [-0.4, -0.2) is 83.2 Å². The van der Waals surface area contributed by atoms with Crippen molar-refractivity contribution < 1.29 is 17.6 Å². The van der Waals surface area contributed by atoms with Crippen LogP contribution in [0.15, 0.2) is 55.0 Å². The fourth-order valence-electron chi connectivity index (χ4n) is 3.66. The molecule has 8 nitrogen and oxygen atoms in total. The number of amides is 1. The number of hydrogen-bond acceptors (Lipinski definition) is 5. The summed E-state index contributed by atoms with van der Waals surface area (Å²) in [7, 11) is -3.02. The summed E-state index contributed by atoms with van der Waals surface area (Å²) in [6.45, 7) is 2.63. The molecule has 1 aliphatic rings. The van der Waals surface area contributed by atoms with E-state index in [0.717, 1.165) is 0 Å². The molecule has 0 bridgehead atoms. The first-order valence-electron chi connectivity index (χ1n) is 9.99. The van der Waals surface area contributed by atoms with E-state index in [9.17, 15) is 17.6 Å². The highest BCUT2D eigenvalue weighted by Gasteiger charge is 2.28. The van der Waals surface area contributed by atoms with Crippen molar-refractivity contribution in [2.75, 3.05) is 44.7 Å². The summed E-state index contributed by atoms with van der Waals surface area (Å²) in [4.78, 5) is 17.1. The number of nitrogens with zero attached hydrogens (tertiary/aromatic N) is 5. The van der Waals surface area contributed by atoms with Crippen molar-refractivity contribution in [1.29, 1.82) is 0 Å². The van der Waals surface area contributed by atoms with Crippen LogP contribution in [0.2, 0.25) is 0 Å². The molecule has 3 aromatic rings. The van der Waals surface area contributed by atoms with Crippen LogP contribution < -0.4 is 0 Å². The summed E-state index contributed by atoms with van der Waals surface area (Å²) >= 11 is 0. The van der Waals surface area contributed by atoms with Gasteiger partial charge in [-0.25, -0.2) is 17.5 Å². The van der Waals surface area contributed by atoms with E-state index in [4.69, 9.17) is 0 Å². The Morgan fingerprint density at radius 3 is 2.39 bits per heavy atom. The number of halogens is 1. The van der Waals surface area contributed by atoms with Crippen LogP contribution in [-0.2, 0) is 9.84 Å². The van der Waals surface area contributed by atoms with Gasteiger partial charge in [0.15, 0.2) is 5.82 Å². The number of piperazine rings is 1. The Morgan fingerprint density at radius 1 is 1.06 bits per heavy atom. The molecule has 0 saturated carbocycles. The smallest absolute Gasteiger partial charge is 0.259 e. The number of benzene rings is 1. The minimum absolute atomic E-state index is 0.105. The SMILES string of the molecule is CS(=O)(=O)CCN1CCN(C(=O)c2cnn(-c3ccccc3F)c2-n2cccc2)CC1. The maximum atomic E-state index is 14.4. The van der Waals surface area contributed by atoms with Gasteiger partial charge in [-0.3, -0.25) is 9.69 Å². The molecular formula is C21H24FN5O3S. The van der Waals surface area contributed by atoms with Crippen molar-refractivity contribution in [2.45, 2.75) is 0 Å². The van der Waals surface area contributed by atoms with Gasteiger partial charge in [-0.2, -0.15) is 5.10 Å². The third-order valence-electron chi connectivity index (χ3n) is 5.34. The summed E-state index contributed by atoms with van der Waals surface area (Å²) < 4.78 is 40.4. The van der Waals surface area contributed by atoms with E-state index in [-0.39, 0.29) is 17.3 Å². The average Bonchev–Trinajstić information content (AvgIpc) is 3.41. The maximum Gasteiger partial charge on any atom is 0.259 e. The van der Waals surface area contributed by atoms with Gasteiger partial charge in [0.25, 0.3) is 5.91 Å². The van der Waals surface area contributed by atoms with Crippen molar-refractivity contribution >= 4 is 15.7 Å². The van der Waals surface area contributed by atoms with Gasteiger partial charge in [0.05, 0.1) is 11.9 Å². The number of carbonyl (C=O) groups excluding carboxylic acids is 1. The lowest BCUT2D eigenvalue weighted by Crippen LogP contribution is -2.49. The summed E-state index contributed by atoms with van der Waals surface area (Å²) in [5.74, 6) is -0.0418. The second-order valence-electron chi connectivity index (χ2n) is 7.60. The molecule has 0 aliphatic carbocycles. The summed E-state index contributed by atoms with van der Waals surface area (Å²) in [6.07, 6.45) is 6.27. The number of para-hydroxylation sites is 1. The van der Waals surface area contributed by atoms with Gasteiger partial charge in [-0.1, -0.05) is 12.1 Å². The molecular weight excluding hydrogens is 421 g/mol. The van der Waals surface area contributed by atoms with Gasteiger partial charge in [-0.05, 0) is 24.3 Å². The first kappa shape index (κ1) is 21.3. The largest absolute Gasteiger partial charge is 0.336 e. The molecule has 0 unspecified atom stereocenters. The van der Waals surface area contributed by atoms with Crippen LogP contribution in [0, 0.1) is 5.82 Å². The zero-order valence-corrected chi connectivity index (χ0v) is 18.0. The Labute approximate surface area is 180 Å². The van der Waals surface area contributed by atoms with Crippen LogP contribution in [0.25, 0.3) is 11.5 Å². The van der Waals surface area contributed by atoms with Crippen LogP contribution >= 0.6 is 0 Å². The van der Waals surface area contributed by atoms with Gasteiger partial charge >= 0.3 is 0 Å². The van der Waals surface area contributed by atoms with Crippen molar-refractivity contribution in [3.05, 3.63) is 66.4 Å². The van der Waals surface area contributed by atoms with E-state index in [0.29, 0.717) is 44.1 Å². The monoisotopic (exact) mass is 445 g/mol. The quantitative estimate of drug-likeness (QED) is 0.576. The molecule has 0 radical (unpaired) electrons. The zero-order chi connectivity index (χ0) is 22.0. The number of carbonyl (C=O) groups is 1. The average molecular weight is 446 g/mol. The first-order valence-corrected chi connectivity index (χ1v) is 12.1. The molecule has 0 spiro atoms. The van der Waals surface area contributed by atoms with Gasteiger partial charge in [0.1, 0.15) is 26.9 Å². The highest BCUT2D eigenvalue weighted by molar-refractivity contribution is 7.90. The Hall–Kier alpha value is -2.98. The van der Waals surface area contributed by atoms with Crippen LogP contribution in [0.3, 0.4) is 0 Å². The molecule has 31 heavy (non-hydrogen) atoms. The third-order valence-corrected chi connectivity index (χ3v) is 6.27. The van der Waals surface area contributed by atoms with E-state index in [1.807, 2.05) is 17.0 Å². The van der Waals surface area contributed by atoms with Crippen LogP contribution in [0.4, 0.5) is 4.39 Å². The molecule has 0 atom stereocenters. The van der Waals surface area contributed by atoms with E-state index in [1.54, 1.807) is 40.1 Å². The number of aromatic nitrogens is 3. The third kappa shape index (κ3) is 4.70. The molecule has 1 saturated heterocycles. The maximum absolute atomic E-state index is 14.4. The summed E-state index contributed by atoms with van der Waals surface area (Å²) in [6, 6.07) is 9.95. The van der Waals surface area contributed by atoms with Crippen molar-refractivity contribution in [3.63, 3.8) is 0 Å². The fraction of sp³-hybridized carbons (Fsp3) is 0.333. The Kier molecular flexibility index (Phi) is 5.92. The number of hydrogen-bond donors (Lipinski definition) is 0. The predicted octanol–water partition coefficient (Wildman–Crippen LogP) is 1.60. The van der Waals surface area contributed by atoms with E-state index < -0.39 is 15.7 Å². The predicted molar refractivity (Wildman–Crippen MR) is 115 cm³/mol. The van der Waals surface area contributed by atoms with Crippen LogP contribution in [0.5, 0.6) is 0 Å². The highest BCUT2D eigenvalue weighted by atomic mass is 32.2. The molecule has 1 amide bonds. The molecule has 2 aromatic heterocycles.